The number of hydrogen-bond acceptors (Lipinski definition) is 4. The molecule has 0 aliphatic rings. The van der Waals surface area contributed by atoms with Crippen molar-refractivity contribution in [3.05, 3.63) is 0 Å². The van der Waals surface area contributed by atoms with Crippen molar-refractivity contribution in [1.82, 2.24) is 4.23 Å². The molecule has 4 nitrogen and oxygen atoms in total. The number of nitrogens with zero attached hydrogens (tertiary/aromatic N) is 1. The smallest absolute Gasteiger partial charge is 0.134 e. The summed E-state index contributed by atoms with van der Waals surface area (Å²) in [6.45, 7) is 23.3. The van der Waals surface area contributed by atoms with Crippen LogP contribution >= 0.6 is 0 Å². The van der Waals surface area contributed by atoms with E-state index in [2.05, 4.69) is 43.5 Å². The average molecular weight is 394 g/mol. The SMILES string of the molecule is CCOC(OCC)[SiH2]CCCOCCCN([Si](C)(C)C)[Si](C)(C)C. The summed E-state index contributed by atoms with van der Waals surface area (Å²) in [4.78, 5) is 0. The van der Waals surface area contributed by atoms with Gasteiger partial charge in [-0.15, -0.1) is 0 Å². The summed E-state index contributed by atoms with van der Waals surface area (Å²) in [7, 11) is -2.74. The fourth-order valence-corrected chi connectivity index (χ4v) is 14.5. The molecule has 0 unspecified atom stereocenters. The maximum absolute atomic E-state index is 5.86. The molecule has 146 valence electrons. The van der Waals surface area contributed by atoms with Crippen LogP contribution in [0.3, 0.4) is 0 Å². The van der Waals surface area contributed by atoms with Gasteiger partial charge in [-0.05, 0) is 33.2 Å². The van der Waals surface area contributed by atoms with Crippen molar-refractivity contribution in [3.8, 4) is 0 Å². The molecular weight excluding hydrogens is 350 g/mol. The topological polar surface area (TPSA) is 30.9 Å². The first kappa shape index (κ1) is 24.5. The van der Waals surface area contributed by atoms with Crippen molar-refractivity contribution in [2.45, 2.75) is 77.9 Å². The molecule has 0 aromatic heterocycles. The Morgan fingerprint density at radius 2 is 1.33 bits per heavy atom. The molecule has 0 spiro atoms. The third-order valence-corrected chi connectivity index (χ3v) is 13.5. The van der Waals surface area contributed by atoms with Gasteiger partial charge in [-0.25, -0.2) is 0 Å². The van der Waals surface area contributed by atoms with Crippen molar-refractivity contribution >= 4 is 26.0 Å². The van der Waals surface area contributed by atoms with Crippen LogP contribution in [-0.2, 0) is 14.2 Å². The predicted molar refractivity (Wildman–Crippen MR) is 114 cm³/mol. The maximum Gasteiger partial charge on any atom is 0.134 e. The van der Waals surface area contributed by atoms with Crippen LogP contribution in [0.2, 0.25) is 45.3 Å². The summed E-state index contributed by atoms with van der Waals surface area (Å²) in [5.74, 6) is 0.0991. The van der Waals surface area contributed by atoms with Crippen LogP contribution in [0.1, 0.15) is 26.7 Å². The second kappa shape index (κ2) is 12.8. The summed E-state index contributed by atoms with van der Waals surface area (Å²) in [6.07, 6.45) is 2.31. The van der Waals surface area contributed by atoms with E-state index in [1.165, 1.54) is 12.6 Å². The van der Waals surface area contributed by atoms with E-state index in [1.807, 2.05) is 13.8 Å². The Labute approximate surface area is 155 Å². The molecule has 0 saturated heterocycles. The molecule has 0 bridgehead atoms. The molecule has 7 heteroatoms. The summed E-state index contributed by atoms with van der Waals surface area (Å²) in [5, 5.41) is 0. The Bertz CT molecular complexity index is 286. The molecule has 0 aromatic rings. The standard InChI is InChI=1S/C17H43NO3Si3/c1-9-20-17(21-10-2)22-16-12-15-19-14-11-13-18(23(3,4)5)24(6,7)8/h17H,9-16,22H2,1-8H3. The molecular formula is C17H43NO3Si3. The minimum Gasteiger partial charge on any atom is -0.381 e. The lowest BCUT2D eigenvalue weighted by Crippen LogP contribution is -2.59. The van der Waals surface area contributed by atoms with Crippen LogP contribution in [0.25, 0.3) is 0 Å². The molecule has 0 fully saturated rings. The molecule has 0 rings (SSSR count). The van der Waals surface area contributed by atoms with E-state index in [0.717, 1.165) is 39.3 Å². The molecule has 0 aliphatic carbocycles. The Kier molecular flexibility index (Phi) is 13.0. The van der Waals surface area contributed by atoms with Crippen molar-refractivity contribution in [2.24, 2.45) is 0 Å². The lowest BCUT2D eigenvalue weighted by atomic mass is 10.4. The number of rotatable bonds is 15. The van der Waals surface area contributed by atoms with Gasteiger partial charge < -0.3 is 18.4 Å². The van der Waals surface area contributed by atoms with E-state index in [-0.39, 0.29) is 15.4 Å². The zero-order chi connectivity index (χ0) is 18.6. The van der Waals surface area contributed by atoms with Gasteiger partial charge >= 0.3 is 0 Å². The van der Waals surface area contributed by atoms with Gasteiger partial charge in [-0.2, -0.15) is 0 Å². The van der Waals surface area contributed by atoms with Crippen LogP contribution in [0.15, 0.2) is 0 Å². The Balaban J connectivity index is 3.79. The van der Waals surface area contributed by atoms with Gasteiger partial charge in [-0.3, -0.25) is 0 Å². The molecule has 0 atom stereocenters. The third-order valence-electron chi connectivity index (χ3n) is 3.97. The van der Waals surface area contributed by atoms with Crippen molar-refractivity contribution in [2.75, 3.05) is 33.0 Å². The van der Waals surface area contributed by atoms with Crippen LogP contribution in [-0.4, -0.2) is 69.1 Å². The van der Waals surface area contributed by atoms with Crippen molar-refractivity contribution in [3.63, 3.8) is 0 Å². The van der Waals surface area contributed by atoms with Crippen LogP contribution in [0.5, 0.6) is 0 Å². The first-order valence-corrected chi connectivity index (χ1v) is 18.4. The first-order chi connectivity index (χ1) is 11.1. The fraction of sp³-hybridized carbons (Fsp3) is 1.00. The van der Waals surface area contributed by atoms with Gasteiger partial charge in [0.25, 0.3) is 0 Å². The summed E-state index contributed by atoms with van der Waals surface area (Å²) in [5.41, 5.74) is 0. The Morgan fingerprint density at radius 1 is 0.833 bits per heavy atom. The Hall–Kier alpha value is 0.491. The number of ether oxygens (including phenoxy) is 3. The second-order valence-corrected chi connectivity index (χ2v) is 20.5. The normalized spacial score (nSPS) is 13.8. The Morgan fingerprint density at radius 3 is 1.79 bits per heavy atom. The number of hydrogen-bond donors (Lipinski definition) is 0. The van der Waals surface area contributed by atoms with Gasteiger partial charge in [0.15, 0.2) is 0 Å². The van der Waals surface area contributed by atoms with E-state index >= 15 is 0 Å². The zero-order valence-corrected chi connectivity index (χ0v) is 21.0. The molecule has 0 N–H and O–H groups in total. The molecule has 0 amide bonds. The lowest BCUT2D eigenvalue weighted by Gasteiger charge is -2.43. The molecule has 0 radical (unpaired) electrons. The van der Waals surface area contributed by atoms with Gasteiger partial charge in [0.1, 0.15) is 22.4 Å². The minimum absolute atomic E-state index is 0.0991. The highest BCUT2D eigenvalue weighted by Crippen LogP contribution is 2.19. The van der Waals surface area contributed by atoms with Gasteiger partial charge in [0.05, 0.1) is 9.52 Å². The predicted octanol–water partition coefficient (Wildman–Crippen LogP) is 3.70. The fourth-order valence-electron chi connectivity index (χ4n) is 3.21. The highest BCUT2D eigenvalue weighted by molar-refractivity contribution is 6.89. The molecule has 0 aliphatic heterocycles. The quantitative estimate of drug-likeness (QED) is 0.241. The van der Waals surface area contributed by atoms with E-state index in [1.54, 1.807) is 0 Å². The molecule has 0 saturated carbocycles. The minimum atomic E-state index is -1.21. The van der Waals surface area contributed by atoms with E-state index in [4.69, 9.17) is 14.2 Å². The van der Waals surface area contributed by atoms with Crippen LogP contribution in [0, 0.1) is 0 Å². The first-order valence-electron chi connectivity index (χ1n) is 9.71. The highest BCUT2D eigenvalue weighted by Gasteiger charge is 2.33. The van der Waals surface area contributed by atoms with Crippen molar-refractivity contribution < 1.29 is 14.2 Å². The van der Waals surface area contributed by atoms with Gasteiger partial charge in [-0.1, -0.05) is 45.3 Å². The second-order valence-electron chi connectivity index (χ2n) is 8.30. The largest absolute Gasteiger partial charge is 0.381 e. The van der Waals surface area contributed by atoms with Crippen LogP contribution in [0.4, 0.5) is 0 Å². The van der Waals surface area contributed by atoms with E-state index in [9.17, 15) is 0 Å². The summed E-state index contributed by atoms with van der Waals surface area (Å²) < 4.78 is 19.9. The van der Waals surface area contributed by atoms with Gasteiger partial charge in [0, 0.05) is 26.4 Å². The molecule has 0 heterocycles. The zero-order valence-electron chi connectivity index (χ0n) is 17.6. The molecule has 24 heavy (non-hydrogen) atoms. The summed E-state index contributed by atoms with van der Waals surface area (Å²) in [6, 6.07) is 1.24. The lowest BCUT2D eigenvalue weighted by molar-refractivity contribution is -0.0828. The third kappa shape index (κ3) is 11.9. The molecule has 0 aromatic carbocycles. The van der Waals surface area contributed by atoms with Crippen LogP contribution < -0.4 is 0 Å². The monoisotopic (exact) mass is 393 g/mol. The van der Waals surface area contributed by atoms with E-state index < -0.39 is 16.5 Å². The van der Waals surface area contributed by atoms with Crippen molar-refractivity contribution in [1.29, 1.82) is 0 Å². The summed E-state index contributed by atoms with van der Waals surface area (Å²) >= 11 is 0. The maximum atomic E-state index is 5.86. The highest BCUT2D eigenvalue weighted by atomic mass is 28.4. The van der Waals surface area contributed by atoms with E-state index in [0.29, 0.717) is 0 Å². The average Bonchev–Trinajstić information content (AvgIpc) is 2.43. The van der Waals surface area contributed by atoms with Gasteiger partial charge in [0.2, 0.25) is 0 Å².